The lowest BCUT2D eigenvalue weighted by molar-refractivity contribution is -0.140. The van der Waals surface area contributed by atoms with E-state index in [4.69, 9.17) is 5.11 Å². The Hall–Kier alpha value is -1.00. The van der Waals surface area contributed by atoms with Crippen molar-refractivity contribution in [2.24, 2.45) is 5.92 Å². The first-order chi connectivity index (χ1) is 4.91. The number of hydrogen-bond acceptors (Lipinski definition) is 1. The summed E-state index contributed by atoms with van der Waals surface area (Å²) >= 11 is 0. The van der Waals surface area contributed by atoms with E-state index in [1.54, 1.807) is 13.8 Å². The Morgan fingerprint density at radius 1 is 1.45 bits per heavy atom. The molecule has 0 unspecified atom stereocenters. The number of rotatable bonds is 1. The third-order valence-corrected chi connectivity index (χ3v) is 0.576. The summed E-state index contributed by atoms with van der Waals surface area (Å²) in [6.45, 7) is 3.28. The maximum atomic E-state index is 10.2. The Morgan fingerprint density at radius 3 is 1.64 bits per heavy atom. The molecule has 0 aliphatic carbocycles. The quantitative estimate of drug-likeness (QED) is 0.656. The van der Waals surface area contributed by atoms with Gasteiger partial charge in [-0.15, -0.1) is 0 Å². The highest BCUT2D eigenvalue weighted by molar-refractivity contribution is 5.68. The minimum atomic E-state index is -2.29. The predicted octanol–water partition coefficient (Wildman–Crippen LogP) is 2.42. The molecule has 0 radical (unpaired) electrons. The van der Waals surface area contributed by atoms with Crippen LogP contribution in [0.5, 0.6) is 0 Å². The smallest absolute Gasteiger partial charge is 0.305 e. The van der Waals surface area contributed by atoms with Crippen LogP contribution in [0.15, 0.2) is 12.4 Å². The summed E-state index contributed by atoms with van der Waals surface area (Å²) in [6, 6.07) is 0. The van der Waals surface area contributed by atoms with Gasteiger partial charge in [0.25, 0.3) is 6.08 Å². The average Bonchev–Trinajstić information content (AvgIpc) is 1.89. The molecule has 1 N–H and O–H groups in total. The summed E-state index contributed by atoms with van der Waals surface area (Å²) in [5, 5.41) is 7.99. The van der Waals surface area contributed by atoms with Gasteiger partial charge in [0, 0.05) is 0 Å². The molecule has 0 aromatic carbocycles. The van der Waals surface area contributed by atoms with Gasteiger partial charge in [0.05, 0.1) is 5.92 Å². The van der Waals surface area contributed by atoms with Gasteiger partial charge >= 0.3 is 5.97 Å². The predicted molar refractivity (Wildman–Crippen MR) is 33.9 cm³/mol. The highest BCUT2D eigenvalue weighted by Crippen LogP contribution is 1.93. The molecular weight excluding hydrogens is 161 g/mol. The summed E-state index contributed by atoms with van der Waals surface area (Å²) in [5.74, 6) is -0.972. The Balaban J connectivity index is 0. The average molecular weight is 170 g/mol. The molecule has 11 heavy (non-hydrogen) atoms. The lowest BCUT2D eigenvalue weighted by Gasteiger charge is -1.89. The van der Waals surface area contributed by atoms with Crippen LogP contribution in [0.2, 0.25) is 0 Å². The van der Waals surface area contributed by atoms with Crippen molar-refractivity contribution in [3.05, 3.63) is 12.4 Å². The second-order valence-corrected chi connectivity index (χ2v) is 1.89. The van der Waals surface area contributed by atoms with Crippen LogP contribution in [0.25, 0.3) is 0 Å². The molecule has 0 fully saturated rings. The molecule has 0 saturated carbocycles. The minimum absolute atomic E-state index is 0.231. The molecule has 2 nitrogen and oxygen atoms in total. The van der Waals surface area contributed by atoms with Crippen LogP contribution in [0.4, 0.5) is 13.2 Å². The molecule has 0 aliphatic rings. The first-order valence-electron chi connectivity index (χ1n) is 2.76. The van der Waals surface area contributed by atoms with Gasteiger partial charge in [-0.3, -0.25) is 4.79 Å². The second-order valence-electron chi connectivity index (χ2n) is 1.89. The van der Waals surface area contributed by atoms with Crippen molar-refractivity contribution in [1.29, 1.82) is 0 Å². The third kappa shape index (κ3) is 17.6. The van der Waals surface area contributed by atoms with Gasteiger partial charge in [-0.05, 0) is 0 Å². The zero-order chi connectivity index (χ0) is 9.44. The van der Waals surface area contributed by atoms with E-state index in [0.717, 1.165) is 0 Å². The van der Waals surface area contributed by atoms with Gasteiger partial charge in [0.15, 0.2) is 6.33 Å². The van der Waals surface area contributed by atoms with Crippen LogP contribution >= 0.6 is 0 Å². The fourth-order valence-electron chi connectivity index (χ4n) is 0. The van der Waals surface area contributed by atoms with E-state index in [-0.39, 0.29) is 5.92 Å². The fraction of sp³-hybridized carbons (Fsp3) is 0.500. The highest BCUT2D eigenvalue weighted by atomic mass is 19.3. The van der Waals surface area contributed by atoms with Gasteiger partial charge in [0.1, 0.15) is 0 Å². The van der Waals surface area contributed by atoms with Gasteiger partial charge in [-0.25, -0.2) is 4.39 Å². The number of halogens is 3. The van der Waals surface area contributed by atoms with Crippen molar-refractivity contribution < 1.29 is 23.1 Å². The lowest BCUT2D eigenvalue weighted by Crippen LogP contribution is -2.03. The molecule has 0 rings (SSSR count). The summed E-state index contributed by atoms with van der Waals surface area (Å²) in [5.41, 5.74) is 0. The SMILES string of the molecule is CC(C)C(=O)O.FC=C(F)F. The Kier molecular flexibility index (Phi) is 8.18. The zero-order valence-corrected chi connectivity index (χ0v) is 6.14. The van der Waals surface area contributed by atoms with Crippen molar-refractivity contribution in [3.63, 3.8) is 0 Å². The van der Waals surface area contributed by atoms with Gasteiger partial charge in [-0.2, -0.15) is 8.78 Å². The van der Waals surface area contributed by atoms with Crippen molar-refractivity contribution in [1.82, 2.24) is 0 Å². The van der Waals surface area contributed by atoms with E-state index < -0.39 is 18.4 Å². The number of carboxylic acids is 1. The van der Waals surface area contributed by atoms with E-state index >= 15 is 0 Å². The van der Waals surface area contributed by atoms with Crippen LogP contribution in [0.3, 0.4) is 0 Å². The first-order valence-corrected chi connectivity index (χ1v) is 2.76. The van der Waals surface area contributed by atoms with Crippen molar-refractivity contribution >= 4 is 5.97 Å². The van der Waals surface area contributed by atoms with Crippen molar-refractivity contribution in [3.8, 4) is 0 Å². The van der Waals surface area contributed by atoms with E-state index in [9.17, 15) is 18.0 Å². The standard InChI is InChI=1S/C4H8O2.C2HF3/c1-3(2)4(5)6;3-1-2(4)5/h3H,1-2H3,(H,5,6);1H. The van der Waals surface area contributed by atoms with E-state index in [2.05, 4.69) is 0 Å². The monoisotopic (exact) mass is 170 g/mol. The molecule has 0 saturated heterocycles. The molecule has 0 aromatic heterocycles. The second kappa shape index (κ2) is 7.11. The van der Waals surface area contributed by atoms with Crippen LogP contribution < -0.4 is 0 Å². The van der Waals surface area contributed by atoms with E-state index in [0.29, 0.717) is 0 Å². The molecule has 5 heteroatoms. The number of aliphatic carboxylic acids is 1. The normalized spacial score (nSPS) is 8.18. The first kappa shape index (κ1) is 12.7. The molecule has 0 atom stereocenters. The van der Waals surface area contributed by atoms with Gasteiger partial charge in [0.2, 0.25) is 0 Å². The highest BCUT2D eigenvalue weighted by Gasteiger charge is 1.99. The Morgan fingerprint density at radius 2 is 1.64 bits per heavy atom. The zero-order valence-electron chi connectivity index (χ0n) is 6.14. The van der Waals surface area contributed by atoms with Crippen LogP contribution in [0, 0.1) is 5.92 Å². The van der Waals surface area contributed by atoms with Gasteiger partial charge < -0.3 is 5.11 Å². The molecule has 0 heterocycles. The lowest BCUT2D eigenvalue weighted by atomic mass is 10.2. The minimum Gasteiger partial charge on any atom is -0.481 e. The maximum absolute atomic E-state index is 10.2. The summed E-state index contributed by atoms with van der Waals surface area (Å²) in [7, 11) is 0. The molecule has 0 aliphatic heterocycles. The molecular formula is C6H9F3O2. The number of carbonyl (C=O) groups is 1. The van der Waals surface area contributed by atoms with Crippen LogP contribution in [0.1, 0.15) is 13.8 Å². The summed E-state index contributed by atoms with van der Waals surface area (Å²) in [6.07, 6.45) is -3.04. The molecule has 66 valence electrons. The number of hydrogen-bond donors (Lipinski definition) is 1. The van der Waals surface area contributed by atoms with Crippen molar-refractivity contribution in [2.75, 3.05) is 0 Å². The largest absolute Gasteiger partial charge is 0.481 e. The van der Waals surface area contributed by atoms with Crippen LogP contribution in [-0.4, -0.2) is 11.1 Å². The topological polar surface area (TPSA) is 37.3 Å². The molecule has 0 aromatic rings. The molecule has 0 amide bonds. The van der Waals surface area contributed by atoms with E-state index in [1.165, 1.54) is 0 Å². The summed E-state index contributed by atoms with van der Waals surface area (Å²) < 4.78 is 30.7. The molecule has 0 bridgehead atoms. The van der Waals surface area contributed by atoms with Gasteiger partial charge in [-0.1, -0.05) is 13.8 Å². The Bertz CT molecular complexity index is 139. The Labute approximate surface area is 62.3 Å². The van der Waals surface area contributed by atoms with Crippen LogP contribution in [-0.2, 0) is 4.79 Å². The third-order valence-electron chi connectivity index (χ3n) is 0.576. The van der Waals surface area contributed by atoms with E-state index in [1.807, 2.05) is 0 Å². The number of carboxylic acid groups (broad SMARTS) is 1. The fourth-order valence-corrected chi connectivity index (χ4v) is 0. The maximum Gasteiger partial charge on any atom is 0.305 e. The summed E-state index contributed by atoms with van der Waals surface area (Å²) in [4.78, 5) is 9.70. The molecule has 0 spiro atoms. The van der Waals surface area contributed by atoms with Crippen molar-refractivity contribution in [2.45, 2.75) is 13.8 Å².